The number of phenols is 1. The molecule has 0 bridgehead atoms. The summed E-state index contributed by atoms with van der Waals surface area (Å²) >= 11 is 6.13. The summed E-state index contributed by atoms with van der Waals surface area (Å²) in [5.41, 5.74) is 0.433. The summed E-state index contributed by atoms with van der Waals surface area (Å²) < 4.78 is 12.0. The van der Waals surface area contributed by atoms with E-state index < -0.39 is 29.6 Å². The largest absolute Gasteiger partial charge is 0.508 e. The average Bonchev–Trinajstić information content (AvgIpc) is 3.40. The molecule has 2 aromatic rings. The zero-order valence-corrected chi connectivity index (χ0v) is 22.4. The molecule has 2 aromatic carbocycles. The number of nitrogens with zero attached hydrogens (tertiary/aromatic N) is 2. The van der Waals surface area contributed by atoms with E-state index >= 15 is 0 Å². The molecule has 1 spiro atoms. The predicted octanol–water partition coefficient (Wildman–Crippen LogP) is 2.36. The van der Waals surface area contributed by atoms with Crippen molar-refractivity contribution >= 4 is 23.5 Å². The van der Waals surface area contributed by atoms with Crippen molar-refractivity contribution in [3.05, 3.63) is 58.1 Å². The van der Waals surface area contributed by atoms with E-state index in [9.17, 15) is 30.0 Å². The number of halogens is 1. The minimum absolute atomic E-state index is 0.0281. The van der Waals surface area contributed by atoms with Crippen LogP contribution in [0.25, 0.3) is 0 Å². The zero-order chi connectivity index (χ0) is 27.9. The number of ether oxygens (including phenoxy) is 2. The Hall–Kier alpha value is -2.89. The molecule has 210 valence electrons. The summed E-state index contributed by atoms with van der Waals surface area (Å²) in [4.78, 5) is 28.5. The second kappa shape index (κ2) is 10.6. The van der Waals surface area contributed by atoms with Gasteiger partial charge in [-0.2, -0.15) is 0 Å². The maximum Gasteiger partial charge on any atom is 0.329 e. The Morgan fingerprint density at radius 1 is 1.21 bits per heavy atom. The van der Waals surface area contributed by atoms with Crippen molar-refractivity contribution in [2.24, 2.45) is 0 Å². The Morgan fingerprint density at radius 3 is 2.67 bits per heavy atom. The van der Waals surface area contributed by atoms with Crippen LogP contribution in [0.4, 0.5) is 0 Å². The zero-order valence-electron chi connectivity index (χ0n) is 21.7. The van der Waals surface area contributed by atoms with Crippen molar-refractivity contribution in [2.45, 2.75) is 56.1 Å². The normalized spacial score (nSPS) is 25.0. The number of carbonyl (C=O) groups is 2. The summed E-state index contributed by atoms with van der Waals surface area (Å²) in [6, 6.07) is 9.80. The third kappa shape index (κ3) is 5.31. The quantitative estimate of drug-likeness (QED) is 0.402. The Kier molecular flexibility index (Phi) is 7.51. The molecule has 0 unspecified atom stereocenters. The molecule has 0 aromatic heterocycles. The SMILES string of the molecule is C[C@@]1(C(=O)O)C[C@@H](O)CN1C(=O)c1ccc(O)cc1OC[C@@H](O)CN1CCC2(CC1)OCc1cc(Cl)ccc12. The number of aliphatic hydroxyl groups is 2. The van der Waals surface area contributed by atoms with E-state index in [-0.39, 0.29) is 42.2 Å². The third-order valence-corrected chi connectivity index (χ3v) is 8.38. The highest BCUT2D eigenvalue weighted by Crippen LogP contribution is 2.44. The van der Waals surface area contributed by atoms with Crippen LogP contribution < -0.4 is 4.74 Å². The maximum atomic E-state index is 13.3. The van der Waals surface area contributed by atoms with Gasteiger partial charge in [-0.1, -0.05) is 17.7 Å². The molecule has 3 atom stereocenters. The first-order valence-corrected chi connectivity index (χ1v) is 13.4. The molecule has 39 heavy (non-hydrogen) atoms. The number of piperidine rings is 1. The molecule has 0 radical (unpaired) electrons. The van der Waals surface area contributed by atoms with Crippen LogP contribution in [0.15, 0.2) is 36.4 Å². The number of carboxylic acids is 1. The fourth-order valence-corrected chi connectivity index (χ4v) is 6.17. The number of phenolic OH excluding ortho intramolecular Hbond substituents is 1. The summed E-state index contributed by atoms with van der Waals surface area (Å²) in [6.07, 6.45) is -0.377. The number of aromatic hydroxyl groups is 1. The molecule has 2 fully saturated rings. The second-order valence-electron chi connectivity index (χ2n) is 10.9. The number of aliphatic carboxylic acids is 1. The van der Waals surface area contributed by atoms with Crippen LogP contribution in [0.1, 0.15) is 47.7 Å². The molecule has 3 aliphatic rings. The number of β-amino-alcohol motifs (C(OH)–C–C–N with tert-alkyl or cyclic N) is 2. The van der Waals surface area contributed by atoms with Crippen molar-refractivity contribution in [3.63, 3.8) is 0 Å². The molecule has 2 saturated heterocycles. The lowest BCUT2D eigenvalue weighted by Crippen LogP contribution is -2.50. The Balaban J connectivity index is 1.20. The lowest BCUT2D eigenvalue weighted by atomic mass is 9.84. The van der Waals surface area contributed by atoms with Gasteiger partial charge >= 0.3 is 5.97 Å². The van der Waals surface area contributed by atoms with Gasteiger partial charge in [-0.15, -0.1) is 0 Å². The monoisotopic (exact) mass is 560 g/mol. The first-order chi connectivity index (χ1) is 18.5. The van der Waals surface area contributed by atoms with Gasteiger partial charge in [0.05, 0.1) is 23.9 Å². The van der Waals surface area contributed by atoms with E-state index in [1.807, 2.05) is 18.2 Å². The Morgan fingerprint density at radius 2 is 1.95 bits per heavy atom. The van der Waals surface area contributed by atoms with Crippen LogP contribution in [0.2, 0.25) is 5.02 Å². The molecule has 0 aliphatic carbocycles. The summed E-state index contributed by atoms with van der Waals surface area (Å²) in [5, 5.41) is 41.2. The van der Waals surface area contributed by atoms with Crippen molar-refractivity contribution < 1.29 is 39.5 Å². The van der Waals surface area contributed by atoms with Crippen LogP contribution >= 0.6 is 11.6 Å². The first-order valence-electron chi connectivity index (χ1n) is 13.0. The lowest BCUT2D eigenvalue weighted by molar-refractivity contribution is -0.147. The van der Waals surface area contributed by atoms with E-state index in [1.54, 1.807) is 0 Å². The van der Waals surface area contributed by atoms with Crippen LogP contribution in [0, 0.1) is 0 Å². The number of benzene rings is 2. The number of hydrogen-bond acceptors (Lipinski definition) is 8. The number of carbonyl (C=O) groups excluding carboxylic acids is 1. The highest BCUT2D eigenvalue weighted by molar-refractivity contribution is 6.30. The molecule has 10 nitrogen and oxygen atoms in total. The van der Waals surface area contributed by atoms with E-state index in [0.717, 1.165) is 36.4 Å². The minimum atomic E-state index is -1.58. The van der Waals surface area contributed by atoms with E-state index in [2.05, 4.69) is 4.90 Å². The van der Waals surface area contributed by atoms with Gasteiger partial charge in [0.1, 0.15) is 29.7 Å². The third-order valence-electron chi connectivity index (χ3n) is 8.15. The summed E-state index contributed by atoms with van der Waals surface area (Å²) in [5.74, 6) is -1.97. The number of amides is 1. The Bertz CT molecular complexity index is 1260. The molecular weight excluding hydrogens is 528 g/mol. The van der Waals surface area contributed by atoms with Gasteiger partial charge in [0.2, 0.25) is 0 Å². The van der Waals surface area contributed by atoms with E-state index in [0.29, 0.717) is 18.2 Å². The molecule has 4 N–H and O–H groups in total. The fourth-order valence-electron chi connectivity index (χ4n) is 5.98. The number of carboxylic acid groups (broad SMARTS) is 1. The smallest absolute Gasteiger partial charge is 0.329 e. The van der Waals surface area contributed by atoms with E-state index in [1.165, 1.54) is 30.7 Å². The van der Waals surface area contributed by atoms with Gasteiger partial charge in [-0.25, -0.2) is 4.79 Å². The molecule has 1 amide bonds. The van der Waals surface area contributed by atoms with Gasteiger partial charge in [0, 0.05) is 43.7 Å². The standard InChI is InChI=1S/C28H33ClN2O8/c1-27(26(36)37)12-20(33)14-31(27)25(35)22-4-3-19(32)11-24(22)38-16-21(34)13-30-8-6-28(7-9-30)23-5-2-18(29)10-17(23)15-39-28/h2-5,10-11,20-21,32-34H,6-9,12-16H2,1H3,(H,36,37)/t20-,21+,27+/m1/s1. The average molecular weight is 561 g/mol. The number of rotatable bonds is 7. The van der Waals surface area contributed by atoms with Gasteiger partial charge in [0.25, 0.3) is 5.91 Å². The lowest BCUT2D eigenvalue weighted by Gasteiger charge is -2.39. The molecule has 3 heterocycles. The number of hydrogen-bond donors (Lipinski definition) is 4. The molecule has 11 heteroatoms. The second-order valence-corrected chi connectivity index (χ2v) is 11.3. The molecule has 0 saturated carbocycles. The molecular formula is C28H33ClN2O8. The highest BCUT2D eigenvalue weighted by atomic mass is 35.5. The van der Waals surface area contributed by atoms with Gasteiger partial charge in [-0.3, -0.25) is 4.79 Å². The van der Waals surface area contributed by atoms with Crippen molar-refractivity contribution in [3.8, 4) is 11.5 Å². The Labute approximate surface area is 231 Å². The van der Waals surface area contributed by atoms with Crippen molar-refractivity contribution in [1.82, 2.24) is 9.80 Å². The van der Waals surface area contributed by atoms with Crippen LogP contribution in [0.3, 0.4) is 0 Å². The van der Waals surface area contributed by atoms with Crippen molar-refractivity contribution in [1.29, 1.82) is 0 Å². The topological polar surface area (TPSA) is 140 Å². The van der Waals surface area contributed by atoms with E-state index in [4.69, 9.17) is 21.1 Å². The summed E-state index contributed by atoms with van der Waals surface area (Å²) in [7, 11) is 0. The highest BCUT2D eigenvalue weighted by Gasteiger charge is 2.50. The first kappa shape index (κ1) is 27.7. The summed E-state index contributed by atoms with van der Waals surface area (Å²) in [6.45, 7) is 3.45. The molecule has 3 aliphatic heterocycles. The maximum absolute atomic E-state index is 13.3. The fraction of sp³-hybridized carbons (Fsp3) is 0.500. The number of aliphatic hydroxyl groups excluding tert-OH is 2. The van der Waals surface area contributed by atoms with Gasteiger partial charge < -0.3 is 39.7 Å². The minimum Gasteiger partial charge on any atom is -0.508 e. The van der Waals surface area contributed by atoms with Gasteiger partial charge in [-0.05, 0) is 55.2 Å². The van der Waals surface area contributed by atoms with Gasteiger partial charge in [0.15, 0.2) is 0 Å². The number of likely N-dealkylation sites (tertiary alicyclic amines) is 2. The van der Waals surface area contributed by atoms with Crippen LogP contribution in [-0.4, -0.2) is 92.6 Å². The number of fused-ring (bicyclic) bond motifs is 2. The molecule has 5 rings (SSSR count). The predicted molar refractivity (Wildman–Crippen MR) is 141 cm³/mol. The van der Waals surface area contributed by atoms with Crippen LogP contribution in [-0.2, 0) is 21.7 Å². The van der Waals surface area contributed by atoms with Crippen molar-refractivity contribution in [2.75, 3.05) is 32.8 Å². The van der Waals surface area contributed by atoms with Crippen LogP contribution in [0.5, 0.6) is 11.5 Å².